The molecule has 2 N–H and O–H groups in total. The zero-order chi connectivity index (χ0) is 18.4. The van der Waals surface area contributed by atoms with E-state index in [1.165, 1.54) is 0 Å². The highest BCUT2D eigenvalue weighted by Crippen LogP contribution is 2.24. The summed E-state index contributed by atoms with van der Waals surface area (Å²) in [5.41, 5.74) is 3.71. The van der Waals surface area contributed by atoms with Crippen LogP contribution in [-0.2, 0) is 4.79 Å². The first-order chi connectivity index (χ1) is 11.9. The zero-order valence-corrected chi connectivity index (χ0v) is 16.2. The normalized spacial score (nSPS) is 10.4. The standard InChI is InChI=1S/C19H23Cl2N3O/c1-4-24(5-2)17-6-7-18(13(3)8-17)23-19(25)12-22-16-10-14(20)9-15(21)11-16/h6-11,22H,4-5,12H2,1-3H3,(H,23,25). The Morgan fingerprint density at radius 2 is 1.68 bits per heavy atom. The number of rotatable bonds is 7. The molecule has 0 aliphatic rings. The predicted octanol–water partition coefficient (Wildman–Crippen LogP) is 5.20. The fourth-order valence-electron chi connectivity index (χ4n) is 2.61. The molecule has 0 fully saturated rings. The lowest BCUT2D eigenvalue weighted by atomic mass is 10.1. The van der Waals surface area contributed by atoms with Gasteiger partial charge in [0.15, 0.2) is 0 Å². The fraction of sp³-hybridized carbons (Fsp3) is 0.316. The highest BCUT2D eigenvalue weighted by molar-refractivity contribution is 6.35. The largest absolute Gasteiger partial charge is 0.376 e. The van der Waals surface area contributed by atoms with Crippen molar-refractivity contribution < 1.29 is 4.79 Å². The van der Waals surface area contributed by atoms with Crippen molar-refractivity contribution in [2.24, 2.45) is 0 Å². The maximum atomic E-state index is 12.2. The molecule has 6 heteroatoms. The summed E-state index contributed by atoms with van der Waals surface area (Å²) < 4.78 is 0. The van der Waals surface area contributed by atoms with Gasteiger partial charge in [0.25, 0.3) is 0 Å². The van der Waals surface area contributed by atoms with Gasteiger partial charge in [0.1, 0.15) is 0 Å². The summed E-state index contributed by atoms with van der Waals surface area (Å²) in [6, 6.07) is 11.2. The second kappa shape index (κ2) is 8.97. The van der Waals surface area contributed by atoms with E-state index in [9.17, 15) is 4.79 Å². The predicted molar refractivity (Wildman–Crippen MR) is 108 cm³/mol. The van der Waals surface area contributed by atoms with Crippen LogP contribution in [0.3, 0.4) is 0 Å². The molecule has 0 aliphatic carbocycles. The quantitative estimate of drug-likeness (QED) is 0.694. The summed E-state index contributed by atoms with van der Waals surface area (Å²) in [7, 11) is 0. The minimum absolute atomic E-state index is 0.130. The lowest BCUT2D eigenvalue weighted by Gasteiger charge is -2.22. The number of carbonyl (C=O) groups is 1. The van der Waals surface area contributed by atoms with Gasteiger partial charge in [-0.3, -0.25) is 4.79 Å². The topological polar surface area (TPSA) is 44.4 Å². The SMILES string of the molecule is CCN(CC)c1ccc(NC(=O)CNc2cc(Cl)cc(Cl)c2)c(C)c1. The van der Waals surface area contributed by atoms with Gasteiger partial charge in [-0.2, -0.15) is 0 Å². The van der Waals surface area contributed by atoms with Gasteiger partial charge < -0.3 is 15.5 Å². The molecule has 0 radical (unpaired) electrons. The molecule has 0 aliphatic heterocycles. The van der Waals surface area contributed by atoms with E-state index in [0.717, 1.165) is 30.0 Å². The Hall–Kier alpha value is -1.91. The van der Waals surface area contributed by atoms with Crippen molar-refractivity contribution in [2.45, 2.75) is 20.8 Å². The van der Waals surface area contributed by atoms with Gasteiger partial charge in [0, 0.05) is 40.2 Å². The summed E-state index contributed by atoms with van der Waals surface area (Å²) in [4.78, 5) is 14.5. The smallest absolute Gasteiger partial charge is 0.243 e. The van der Waals surface area contributed by atoms with Crippen LogP contribution in [0.2, 0.25) is 10.0 Å². The van der Waals surface area contributed by atoms with E-state index >= 15 is 0 Å². The summed E-state index contributed by atoms with van der Waals surface area (Å²) in [5, 5.41) is 7.00. The molecule has 0 aromatic heterocycles. The van der Waals surface area contributed by atoms with Crippen LogP contribution in [-0.4, -0.2) is 25.5 Å². The van der Waals surface area contributed by atoms with E-state index in [2.05, 4.69) is 35.4 Å². The minimum atomic E-state index is -0.130. The Morgan fingerprint density at radius 3 is 2.24 bits per heavy atom. The molecule has 25 heavy (non-hydrogen) atoms. The zero-order valence-electron chi connectivity index (χ0n) is 14.7. The van der Waals surface area contributed by atoms with Crippen LogP contribution in [0.4, 0.5) is 17.1 Å². The van der Waals surface area contributed by atoms with E-state index in [-0.39, 0.29) is 12.5 Å². The summed E-state index contributed by atoms with van der Waals surface area (Å²) in [6.07, 6.45) is 0. The first-order valence-corrected chi connectivity index (χ1v) is 9.04. The van der Waals surface area contributed by atoms with Crippen molar-refractivity contribution in [2.75, 3.05) is 35.2 Å². The number of nitrogens with one attached hydrogen (secondary N) is 2. The van der Waals surface area contributed by atoms with Crippen LogP contribution in [0.25, 0.3) is 0 Å². The molecular formula is C19H23Cl2N3O. The molecule has 0 unspecified atom stereocenters. The first-order valence-electron chi connectivity index (χ1n) is 8.28. The van der Waals surface area contributed by atoms with Crippen LogP contribution in [0.1, 0.15) is 19.4 Å². The van der Waals surface area contributed by atoms with Crippen molar-refractivity contribution >= 4 is 46.2 Å². The molecule has 2 rings (SSSR count). The maximum absolute atomic E-state index is 12.2. The van der Waals surface area contributed by atoms with Crippen LogP contribution in [0, 0.1) is 6.92 Å². The van der Waals surface area contributed by atoms with Crippen LogP contribution < -0.4 is 15.5 Å². The van der Waals surface area contributed by atoms with Gasteiger partial charge in [-0.1, -0.05) is 23.2 Å². The molecule has 0 saturated carbocycles. The second-order valence-corrected chi connectivity index (χ2v) is 6.60. The fourth-order valence-corrected chi connectivity index (χ4v) is 3.13. The van der Waals surface area contributed by atoms with Gasteiger partial charge in [-0.15, -0.1) is 0 Å². The molecule has 2 aromatic rings. The highest BCUT2D eigenvalue weighted by atomic mass is 35.5. The van der Waals surface area contributed by atoms with E-state index in [1.807, 2.05) is 19.1 Å². The third kappa shape index (κ3) is 5.55. The molecule has 2 aromatic carbocycles. The molecule has 0 heterocycles. The number of hydrogen-bond acceptors (Lipinski definition) is 3. The average Bonchev–Trinajstić information content (AvgIpc) is 2.55. The second-order valence-electron chi connectivity index (χ2n) is 5.73. The van der Waals surface area contributed by atoms with Crippen molar-refractivity contribution in [1.29, 1.82) is 0 Å². The Morgan fingerprint density at radius 1 is 1.04 bits per heavy atom. The van der Waals surface area contributed by atoms with Crippen molar-refractivity contribution in [3.05, 3.63) is 52.0 Å². The third-order valence-corrected chi connectivity index (χ3v) is 4.36. The first kappa shape index (κ1) is 19.4. The molecule has 4 nitrogen and oxygen atoms in total. The number of anilines is 3. The summed E-state index contributed by atoms with van der Waals surface area (Å²) in [5.74, 6) is -0.130. The molecule has 0 saturated heterocycles. The van der Waals surface area contributed by atoms with E-state index in [1.54, 1.807) is 18.2 Å². The molecule has 1 amide bonds. The number of benzene rings is 2. The molecule has 134 valence electrons. The van der Waals surface area contributed by atoms with E-state index in [0.29, 0.717) is 15.7 Å². The molecule has 0 bridgehead atoms. The lowest BCUT2D eigenvalue weighted by Crippen LogP contribution is -2.23. The number of nitrogens with zero attached hydrogens (tertiary/aromatic N) is 1. The Labute approximate surface area is 159 Å². The number of aryl methyl sites for hydroxylation is 1. The van der Waals surface area contributed by atoms with Crippen molar-refractivity contribution in [3.63, 3.8) is 0 Å². The third-order valence-electron chi connectivity index (χ3n) is 3.93. The maximum Gasteiger partial charge on any atom is 0.243 e. The van der Waals surface area contributed by atoms with Crippen molar-refractivity contribution in [1.82, 2.24) is 0 Å². The Balaban J connectivity index is 1.98. The number of halogens is 2. The van der Waals surface area contributed by atoms with Crippen LogP contribution >= 0.6 is 23.2 Å². The number of carbonyl (C=O) groups excluding carboxylic acids is 1. The highest BCUT2D eigenvalue weighted by Gasteiger charge is 2.08. The van der Waals surface area contributed by atoms with Gasteiger partial charge in [-0.25, -0.2) is 0 Å². The average molecular weight is 380 g/mol. The summed E-state index contributed by atoms with van der Waals surface area (Å²) in [6.45, 7) is 8.28. The van der Waals surface area contributed by atoms with E-state index in [4.69, 9.17) is 23.2 Å². The van der Waals surface area contributed by atoms with Gasteiger partial charge >= 0.3 is 0 Å². The van der Waals surface area contributed by atoms with Crippen LogP contribution in [0.5, 0.6) is 0 Å². The van der Waals surface area contributed by atoms with Gasteiger partial charge in [0.05, 0.1) is 6.54 Å². The van der Waals surface area contributed by atoms with Gasteiger partial charge in [0.2, 0.25) is 5.91 Å². The monoisotopic (exact) mass is 379 g/mol. The van der Waals surface area contributed by atoms with Gasteiger partial charge in [-0.05, 0) is 62.7 Å². The number of hydrogen-bond donors (Lipinski definition) is 2. The minimum Gasteiger partial charge on any atom is -0.376 e. The lowest BCUT2D eigenvalue weighted by molar-refractivity contribution is -0.114. The Kier molecular flexibility index (Phi) is 6.97. The van der Waals surface area contributed by atoms with Crippen LogP contribution in [0.15, 0.2) is 36.4 Å². The Bertz CT molecular complexity index is 725. The molecule has 0 spiro atoms. The molecule has 0 atom stereocenters. The number of amides is 1. The van der Waals surface area contributed by atoms with E-state index < -0.39 is 0 Å². The van der Waals surface area contributed by atoms with Crippen molar-refractivity contribution in [3.8, 4) is 0 Å². The molecular weight excluding hydrogens is 357 g/mol. The summed E-state index contributed by atoms with van der Waals surface area (Å²) >= 11 is 11.9.